The molecular weight excluding hydrogens is 228 g/mol. The zero-order valence-corrected chi connectivity index (χ0v) is 9.93. The van der Waals surface area contributed by atoms with E-state index in [0.29, 0.717) is 4.88 Å². The van der Waals surface area contributed by atoms with E-state index < -0.39 is 11.4 Å². The predicted molar refractivity (Wildman–Crippen MR) is 58.7 cm³/mol. The standard InChI is InChI=1S/C11H12O4S/c1-7-3-4-16-8(7)9(12)11(5-15-6-11)10(13)14-2/h3-4H,5-6H2,1-2H3. The Labute approximate surface area is 97.2 Å². The van der Waals surface area contributed by atoms with Crippen LogP contribution < -0.4 is 0 Å². The summed E-state index contributed by atoms with van der Waals surface area (Å²) in [6, 6.07) is 1.86. The maximum atomic E-state index is 12.3. The van der Waals surface area contributed by atoms with E-state index >= 15 is 0 Å². The lowest BCUT2D eigenvalue weighted by Gasteiger charge is -2.36. The van der Waals surface area contributed by atoms with Crippen LogP contribution in [0.25, 0.3) is 0 Å². The van der Waals surface area contributed by atoms with Gasteiger partial charge in [0, 0.05) is 0 Å². The molecule has 0 radical (unpaired) electrons. The molecule has 0 aliphatic carbocycles. The van der Waals surface area contributed by atoms with Crippen LogP contribution in [0.15, 0.2) is 11.4 Å². The number of thiophene rings is 1. The van der Waals surface area contributed by atoms with Gasteiger partial charge in [0.1, 0.15) is 0 Å². The smallest absolute Gasteiger partial charge is 0.324 e. The fraction of sp³-hybridized carbons (Fsp3) is 0.455. The fourth-order valence-corrected chi connectivity index (χ4v) is 2.63. The Morgan fingerprint density at radius 1 is 1.50 bits per heavy atom. The second kappa shape index (κ2) is 3.99. The maximum Gasteiger partial charge on any atom is 0.324 e. The van der Waals surface area contributed by atoms with Crippen LogP contribution in [-0.4, -0.2) is 32.1 Å². The summed E-state index contributed by atoms with van der Waals surface area (Å²) in [6.45, 7) is 2.10. The Hall–Kier alpha value is -1.20. The zero-order chi connectivity index (χ0) is 11.8. The van der Waals surface area contributed by atoms with Crippen LogP contribution >= 0.6 is 11.3 Å². The molecule has 0 N–H and O–H groups in total. The number of rotatable bonds is 3. The summed E-state index contributed by atoms with van der Waals surface area (Å²) in [5.74, 6) is -0.686. The number of carbonyl (C=O) groups is 2. The van der Waals surface area contributed by atoms with Gasteiger partial charge >= 0.3 is 5.97 Å². The average molecular weight is 240 g/mol. The van der Waals surface area contributed by atoms with Crippen LogP contribution in [0, 0.1) is 12.3 Å². The molecule has 0 unspecified atom stereocenters. The quantitative estimate of drug-likeness (QED) is 0.455. The van der Waals surface area contributed by atoms with E-state index in [4.69, 9.17) is 4.74 Å². The Morgan fingerprint density at radius 3 is 2.56 bits per heavy atom. The minimum Gasteiger partial charge on any atom is -0.468 e. The van der Waals surface area contributed by atoms with Crippen molar-refractivity contribution in [3.63, 3.8) is 0 Å². The van der Waals surface area contributed by atoms with Crippen molar-refractivity contribution >= 4 is 23.1 Å². The monoisotopic (exact) mass is 240 g/mol. The molecule has 1 aromatic heterocycles. The van der Waals surface area contributed by atoms with Gasteiger partial charge in [-0.05, 0) is 23.9 Å². The molecule has 0 saturated carbocycles. The van der Waals surface area contributed by atoms with Crippen molar-refractivity contribution in [3.05, 3.63) is 21.9 Å². The number of ketones is 1. The second-order valence-corrected chi connectivity index (χ2v) is 4.74. The fourth-order valence-electron chi connectivity index (χ4n) is 1.67. The molecule has 0 bridgehead atoms. The first-order valence-corrected chi connectivity index (χ1v) is 5.75. The van der Waals surface area contributed by atoms with E-state index in [2.05, 4.69) is 4.74 Å². The zero-order valence-electron chi connectivity index (χ0n) is 9.11. The third-order valence-electron chi connectivity index (χ3n) is 2.78. The Balaban J connectivity index is 2.33. The number of ether oxygens (including phenoxy) is 2. The van der Waals surface area contributed by atoms with E-state index in [1.165, 1.54) is 18.4 Å². The predicted octanol–water partition coefficient (Wildman–Crippen LogP) is 1.43. The summed E-state index contributed by atoms with van der Waals surface area (Å²) in [5, 5.41) is 1.84. The number of hydrogen-bond acceptors (Lipinski definition) is 5. The van der Waals surface area contributed by atoms with Gasteiger partial charge in [-0.25, -0.2) is 0 Å². The van der Waals surface area contributed by atoms with Gasteiger partial charge in [-0.2, -0.15) is 0 Å². The first-order chi connectivity index (χ1) is 7.62. The van der Waals surface area contributed by atoms with Gasteiger partial charge in [-0.15, -0.1) is 11.3 Å². The van der Waals surface area contributed by atoms with Crippen molar-refractivity contribution in [2.45, 2.75) is 6.92 Å². The highest BCUT2D eigenvalue weighted by molar-refractivity contribution is 7.12. The SMILES string of the molecule is COC(=O)C1(C(=O)c2sccc2C)COC1. The molecule has 4 nitrogen and oxygen atoms in total. The minimum atomic E-state index is -1.11. The second-order valence-electron chi connectivity index (χ2n) is 3.83. The van der Waals surface area contributed by atoms with Crippen LogP contribution in [0.5, 0.6) is 0 Å². The van der Waals surface area contributed by atoms with E-state index in [0.717, 1.165) is 5.56 Å². The molecule has 1 fully saturated rings. The van der Waals surface area contributed by atoms with Crippen molar-refractivity contribution in [2.24, 2.45) is 5.41 Å². The molecule has 86 valence electrons. The van der Waals surface area contributed by atoms with Crippen LogP contribution in [0.3, 0.4) is 0 Å². The van der Waals surface area contributed by atoms with Crippen molar-refractivity contribution in [1.29, 1.82) is 0 Å². The average Bonchev–Trinajstić information content (AvgIpc) is 2.62. The Bertz CT molecular complexity index is 431. The molecule has 0 amide bonds. The number of carbonyl (C=O) groups excluding carboxylic acids is 2. The summed E-state index contributed by atoms with van der Waals surface area (Å²) >= 11 is 1.35. The van der Waals surface area contributed by atoms with Gasteiger partial charge in [0.15, 0.2) is 11.2 Å². The van der Waals surface area contributed by atoms with Gasteiger partial charge in [0.05, 0.1) is 25.2 Å². The molecular formula is C11H12O4S. The van der Waals surface area contributed by atoms with Crippen molar-refractivity contribution < 1.29 is 19.1 Å². The minimum absolute atomic E-state index is 0.121. The van der Waals surface area contributed by atoms with Gasteiger partial charge in [-0.3, -0.25) is 9.59 Å². The summed E-state index contributed by atoms with van der Waals surface area (Å²) < 4.78 is 9.68. The largest absolute Gasteiger partial charge is 0.468 e. The van der Waals surface area contributed by atoms with Gasteiger partial charge < -0.3 is 9.47 Å². The van der Waals surface area contributed by atoms with Crippen molar-refractivity contribution in [2.75, 3.05) is 20.3 Å². The molecule has 1 saturated heterocycles. The molecule has 0 aromatic carbocycles. The topological polar surface area (TPSA) is 52.6 Å². The van der Waals surface area contributed by atoms with Gasteiger partial charge in [-0.1, -0.05) is 0 Å². The van der Waals surface area contributed by atoms with E-state index in [1.54, 1.807) is 0 Å². The first kappa shape index (κ1) is 11.3. The van der Waals surface area contributed by atoms with Crippen LogP contribution in [0.2, 0.25) is 0 Å². The molecule has 0 spiro atoms. The Morgan fingerprint density at radius 2 is 2.19 bits per heavy atom. The number of esters is 1. The van der Waals surface area contributed by atoms with Crippen LogP contribution in [0.1, 0.15) is 15.2 Å². The summed E-state index contributed by atoms with van der Waals surface area (Å²) in [6.07, 6.45) is 0. The van der Waals surface area contributed by atoms with Crippen molar-refractivity contribution in [1.82, 2.24) is 0 Å². The third-order valence-corrected chi connectivity index (χ3v) is 3.79. The van der Waals surface area contributed by atoms with Gasteiger partial charge in [0.2, 0.25) is 0 Å². The molecule has 1 aliphatic heterocycles. The van der Waals surface area contributed by atoms with E-state index in [-0.39, 0.29) is 19.0 Å². The normalized spacial score (nSPS) is 17.6. The number of aryl methyl sites for hydroxylation is 1. The van der Waals surface area contributed by atoms with E-state index in [1.807, 2.05) is 18.4 Å². The highest BCUT2D eigenvalue weighted by Gasteiger charge is 2.54. The van der Waals surface area contributed by atoms with Crippen LogP contribution in [-0.2, 0) is 14.3 Å². The molecule has 1 aromatic rings. The summed E-state index contributed by atoms with van der Waals surface area (Å²) in [7, 11) is 1.29. The molecule has 16 heavy (non-hydrogen) atoms. The highest BCUT2D eigenvalue weighted by atomic mass is 32.1. The molecule has 1 aliphatic rings. The summed E-state index contributed by atoms with van der Waals surface area (Å²) in [5.41, 5.74) is -0.213. The number of Topliss-reactive ketones (excluding diaryl/α,β-unsaturated/α-hetero) is 1. The van der Waals surface area contributed by atoms with E-state index in [9.17, 15) is 9.59 Å². The maximum absolute atomic E-state index is 12.3. The summed E-state index contributed by atoms with van der Waals surface area (Å²) in [4.78, 5) is 24.5. The lowest BCUT2D eigenvalue weighted by molar-refractivity contribution is -0.172. The van der Waals surface area contributed by atoms with Crippen LogP contribution in [0.4, 0.5) is 0 Å². The molecule has 2 heterocycles. The van der Waals surface area contributed by atoms with Crippen molar-refractivity contribution in [3.8, 4) is 0 Å². The lowest BCUT2D eigenvalue weighted by Crippen LogP contribution is -2.55. The third kappa shape index (κ3) is 1.47. The van der Waals surface area contributed by atoms with Gasteiger partial charge in [0.25, 0.3) is 0 Å². The highest BCUT2D eigenvalue weighted by Crippen LogP contribution is 2.35. The Kier molecular flexibility index (Phi) is 2.82. The molecule has 0 atom stereocenters. The lowest BCUT2D eigenvalue weighted by atomic mass is 9.80. The molecule has 5 heteroatoms. The number of hydrogen-bond donors (Lipinski definition) is 0. The molecule has 2 rings (SSSR count). The number of methoxy groups -OCH3 is 1. The first-order valence-electron chi connectivity index (χ1n) is 4.87.